The van der Waals surface area contributed by atoms with Gasteiger partial charge in [-0.2, -0.15) is 0 Å². The monoisotopic (exact) mass is 256 g/mol. The van der Waals surface area contributed by atoms with E-state index in [0.717, 1.165) is 0 Å². The Hall–Kier alpha value is -1.40. The van der Waals surface area contributed by atoms with Crippen molar-refractivity contribution in [2.24, 2.45) is 0 Å². The van der Waals surface area contributed by atoms with Gasteiger partial charge in [-0.05, 0) is 38.2 Å². The highest BCUT2D eigenvalue weighted by molar-refractivity contribution is 7.89. The number of hydrogen-bond donors (Lipinski definition) is 1. The van der Waals surface area contributed by atoms with Gasteiger partial charge >= 0.3 is 0 Å². The first-order chi connectivity index (χ1) is 7.92. The van der Waals surface area contributed by atoms with Gasteiger partial charge in [0.15, 0.2) is 0 Å². The van der Waals surface area contributed by atoms with Crippen LogP contribution in [0, 0.1) is 0 Å². The van der Waals surface area contributed by atoms with E-state index in [-0.39, 0.29) is 10.8 Å². The second-order valence-electron chi connectivity index (χ2n) is 3.55. The van der Waals surface area contributed by atoms with Crippen LogP contribution in [0.1, 0.15) is 17.3 Å². The van der Waals surface area contributed by atoms with Crippen LogP contribution in [0.3, 0.4) is 0 Å². The quantitative estimate of drug-likeness (QED) is 0.861. The molecule has 0 aromatic heterocycles. The second-order valence-corrected chi connectivity index (χ2v) is 5.44. The standard InChI is InChI=1S/C11H16N2O3S/c1-4-13(3)11(14)9-5-7-10(8-6-9)17(15,16)12-2/h5-8,12H,4H2,1-3H3. The van der Waals surface area contributed by atoms with Gasteiger partial charge in [0.25, 0.3) is 5.91 Å². The first-order valence-electron chi connectivity index (χ1n) is 5.21. The molecule has 0 fully saturated rings. The van der Waals surface area contributed by atoms with Crippen LogP contribution in [-0.4, -0.2) is 39.9 Å². The average molecular weight is 256 g/mol. The molecule has 5 nitrogen and oxygen atoms in total. The van der Waals surface area contributed by atoms with E-state index in [4.69, 9.17) is 0 Å². The fourth-order valence-electron chi connectivity index (χ4n) is 1.26. The largest absolute Gasteiger partial charge is 0.342 e. The van der Waals surface area contributed by atoms with Crippen LogP contribution in [0.15, 0.2) is 29.2 Å². The Morgan fingerprint density at radius 3 is 2.24 bits per heavy atom. The number of benzene rings is 1. The molecule has 0 heterocycles. The van der Waals surface area contributed by atoms with E-state index < -0.39 is 10.0 Å². The lowest BCUT2D eigenvalue weighted by molar-refractivity contribution is 0.0802. The van der Waals surface area contributed by atoms with Crippen molar-refractivity contribution in [2.75, 3.05) is 20.6 Å². The lowest BCUT2D eigenvalue weighted by Gasteiger charge is -2.14. The van der Waals surface area contributed by atoms with E-state index in [1.807, 2.05) is 6.92 Å². The Bertz CT molecular complexity index is 494. The summed E-state index contributed by atoms with van der Waals surface area (Å²) in [5.41, 5.74) is 0.476. The molecule has 0 aliphatic carbocycles. The number of hydrogen-bond acceptors (Lipinski definition) is 3. The maximum atomic E-state index is 11.8. The number of amides is 1. The zero-order chi connectivity index (χ0) is 13.1. The Labute approximate surface area is 101 Å². The van der Waals surface area contributed by atoms with E-state index in [1.165, 1.54) is 31.3 Å². The van der Waals surface area contributed by atoms with Crippen molar-refractivity contribution in [3.63, 3.8) is 0 Å². The van der Waals surface area contributed by atoms with Crippen molar-refractivity contribution < 1.29 is 13.2 Å². The fraction of sp³-hybridized carbons (Fsp3) is 0.364. The van der Waals surface area contributed by atoms with Gasteiger partial charge in [-0.25, -0.2) is 13.1 Å². The number of sulfonamides is 1. The summed E-state index contributed by atoms with van der Waals surface area (Å²) in [6.07, 6.45) is 0. The fourth-order valence-corrected chi connectivity index (χ4v) is 1.99. The average Bonchev–Trinajstić information content (AvgIpc) is 2.37. The van der Waals surface area contributed by atoms with Crippen LogP contribution < -0.4 is 4.72 Å². The van der Waals surface area contributed by atoms with E-state index in [1.54, 1.807) is 11.9 Å². The van der Waals surface area contributed by atoms with Crippen LogP contribution in [0.2, 0.25) is 0 Å². The van der Waals surface area contributed by atoms with Gasteiger partial charge in [-0.1, -0.05) is 0 Å². The Morgan fingerprint density at radius 2 is 1.82 bits per heavy atom. The van der Waals surface area contributed by atoms with Gasteiger partial charge in [0.05, 0.1) is 4.90 Å². The van der Waals surface area contributed by atoms with Crippen molar-refractivity contribution in [1.29, 1.82) is 0 Å². The van der Waals surface area contributed by atoms with Crippen LogP contribution in [0.5, 0.6) is 0 Å². The molecular formula is C11H16N2O3S. The van der Waals surface area contributed by atoms with Gasteiger partial charge in [0.2, 0.25) is 10.0 Å². The molecule has 0 aliphatic heterocycles. The summed E-state index contributed by atoms with van der Waals surface area (Å²) in [6, 6.07) is 5.86. The molecule has 0 saturated heterocycles. The highest BCUT2D eigenvalue weighted by Crippen LogP contribution is 2.11. The summed E-state index contributed by atoms with van der Waals surface area (Å²) in [4.78, 5) is 13.5. The number of rotatable bonds is 4. The van der Waals surface area contributed by atoms with Gasteiger partial charge in [-0.15, -0.1) is 0 Å². The van der Waals surface area contributed by atoms with E-state index in [2.05, 4.69) is 4.72 Å². The molecular weight excluding hydrogens is 240 g/mol. The van der Waals surface area contributed by atoms with Gasteiger partial charge in [0.1, 0.15) is 0 Å². The molecule has 6 heteroatoms. The summed E-state index contributed by atoms with van der Waals surface area (Å²) in [6.45, 7) is 2.48. The summed E-state index contributed by atoms with van der Waals surface area (Å²) in [7, 11) is -0.400. The Morgan fingerprint density at radius 1 is 1.29 bits per heavy atom. The van der Waals surface area contributed by atoms with E-state index in [0.29, 0.717) is 12.1 Å². The minimum absolute atomic E-state index is 0.124. The van der Waals surface area contributed by atoms with Crippen LogP contribution in [0.4, 0.5) is 0 Å². The highest BCUT2D eigenvalue weighted by atomic mass is 32.2. The molecule has 0 radical (unpaired) electrons. The molecule has 0 saturated carbocycles. The number of carbonyl (C=O) groups excluding carboxylic acids is 1. The molecule has 0 spiro atoms. The van der Waals surface area contributed by atoms with Crippen LogP contribution in [-0.2, 0) is 10.0 Å². The zero-order valence-electron chi connectivity index (χ0n) is 10.1. The van der Waals surface area contributed by atoms with Crippen LogP contribution >= 0.6 is 0 Å². The first-order valence-corrected chi connectivity index (χ1v) is 6.69. The molecule has 1 aromatic carbocycles. The molecule has 0 atom stereocenters. The zero-order valence-corrected chi connectivity index (χ0v) is 10.9. The summed E-state index contributed by atoms with van der Waals surface area (Å²) >= 11 is 0. The molecule has 17 heavy (non-hydrogen) atoms. The lowest BCUT2D eigenvalue weighted by Crippen LogP contribution is -2.26. The maximum absolute atomic E-state index is 11.8. The number of nitrogens with one attached hydrogen (secondary N) is 1. The molecule has 0 bridgehead atoms. The van der Waals surface area contributed by atoms with Crippen molar-refractivity contribution in [2.45, 2.75) is 11.8 Å². The minimum Gasteiger partial charge on any atom is -0.342 e. The molecule has 0 aliphatic rings. The third kappa shape index (κ3) is 3.04. The van der Waals surface area contributed by atoms with Gasteiger partial charge in [0, 0.05) is 19.2 Å². The van der Waals surface area contributed by atoms with Crippen molar-refractivity contribution in [1.82, 2.24) is 9.62 Å². The molecule has 0 unspecified atom stereocenters. The number of nitrogens with zero attached hydrogens (tertiary/aromatic N) is 1. The van der Waals surface area contributed by atoms with Crippen molar-refractivity contribution in [3.8, 4) is 0 Å². The summed E-state index contributed by atoms with van der Waals surface area (Å²) < 4.78 is 25.1. The van der Waals surface area contributed by atoms with Crippen molar-refractivity contribution in [3.05, 3.63) is 29.8 Å². The maximum Gasteiger partial charge on any atom is 0.253 e. The van der Waals surface area contributed by atoms with Crippen molar-refractivity contribution >= 4 is 15.9 Å². The SMILES string of the molecule is CCN(C)C(=O)c1ccc(S(=O)(=O)NC)cc1. The smallest absolute Gasteiger partial charge is 0.253 e. The molecule has 1 N–H and O–H groups in total. The summed E-state index contributed by atoms with van der Waals surface area (Å²) in [5, 5.41) is 0. The third-order valence-corrected chi connectivity index (χ3v) is 3.93. The van der Waals surface area contributed by atoms with E-state index in [9.17, 15) is 13.2 Å². The predicted octanol–water partition coefficient (Wildman–Crippen LogP) is 0.687. The molecule has 1 amide bonds. The summed E-state index contributed by atoms with van der Waals surface area (Å²) in [5.74, 6) is -0.124. The normalized spacial score (nSPS) is 11.2. The van der Waals surface area contributed by atoms with E-state index >= 15 is 0 Å². The van der Waals surface area contributed by atoms with Crippen LogP contribution in [0.25, 0.3) is 0 Å². The van der Waals surface area contributed by atoms with Gasteiger partial charge < -0.3 is 4.90 Å². The molecule has 94 valence electrons. The molecule has 1 aromatic rings. The number of carbonyl (C=O) groups is 1. The minimum atomic E-state index is -3.44. The Balaban J connectivity index is 3.01. The van der Waals surface area contributed by atoms with Gasteiger partial charge in [-0.3, -0.25) is 4.79 Å². The lowest BCUT2D eigenvalue weighted by atomic mass is 10.2. The predicted molar refractivity (Wildman–Crippen MR) is 65.3 cm³/mol. The molecule has 1 rings (SSSR count). The Kier molecular flexibility index (Phi) is 4.25. The highest BCUT2D eigenvalue weighted by Gasteiger charge is 2.13. The first kappa shape index (κ1) is 13.7. The topological polar surface area (TPSA) is 66.5 Å². The second kappa shape index (κ2) is 5.29. The third-order valence-electron chi connectivity index (χ3n) is 2.50.